The molecule has 2 atom stereocenters. The number of nitrogens with zero attached hydrogens (tertiary/aromatic N) is 3. The monoisotopic (exact) mass is 509 g/mol. The molecule has 7 heteroatoms. The van der Waals surface area contributed by atoms with Crippen molar-refractivity contribution in [2.45, 2.75) is 46.2 Å². The maximum absolute atomic E-state index is 12.0. The molecule has 37 heavy (non-hydrogen) atoms. The minimum absolute atomic E-state index is 0.00402. The summed E-state index contributed by atoms with van der Waals surface area (Å²) in [5.74, 6) is -0.00402. The number of hydrogen-bond acceptors (Lipinski definition) is 3. The first-order chi connectivity index (χ1) is 17.9. The summed E-state index contributed by atoms with van der Waals surface area (Å²) in [6, 6.07) is 24.5. The number of anilines is 2. The molecule has 188 valence electrons. The lowest BCUT2D eigenvalue weighted by Gasteiger charge is -2.29. The molecule has 1 amide bonds. The lowest BCUT2D eigenvalue weighted by Crippen LogP contribution is -2.29. The minimum Gasteiger partial charge on any atom is -0.351 e. The van der Waals surface area contributed by atoms with Gasteiger partial charge in [-0.1, -0.05) is 31.2 Å². The third-order valence-electron chi connectivity index (χ3n) is 6.98. The van der Waals surface area contributed by atoms with Gasteiger partial charge < -0.3 is 20.1 Å². The van der Waals surface area contributed by atoms with Gasteiger partial charge in [0, 0.05) is 41.1 Å². The zero-order valence-electron chi connectivity index (χ0n) is 21.5. The molecular formula is C30H31N5OS. The van der Waals surface area contributed by atoms with Crippen LogP contribution in [0.5, 0.6) is 0 Å². The van der Waals surface area contributed by atoms with Gasteiger partial charge in [-0.2, -0.15) is 0 Å². The Balaban J connectivity index is 1.63. The lowest BCUT2D eigenvalue weighted by atomic mass is 9.96. The number of amides is 1. The van der Waals surface area contributed by atoms with Gasteiger partial charge in [0.15, 0.2) is 5.11 Å². The van der Waals surface area contributed by atoms with Crippen LogP contribution in [-0.4, -0.2) is 20.6 Å². The van der Waals surface area contributed by atoms with Crippen LogP contribution in [0, 0.1) is 20.8 Å². The highest BCUT2D eigenvalue weighted by Gasteiger charge is 2.42. The van der Waals surface area contributed by atoms with E-state index in [9.17, 15) is 4.79 Å². The van der Waals surface area contributed by atoms with Gasteiger partial charge >= 0.3 is 0 Å². The Bertz CT molecular complexity index is 1450. The number of benzene rings is 2. The second-order valence-electron chi connectivity index (χ2n) is 9.39. The molecule has 0 bridgehead atoms. The van der Waals surface area contributed by atoms with Gasteiger partial charge in [-0.15, -0.1) is 0 Å². The van der Waals surface area contributed by atoms with E-state index in [4.69, 9.17) is 12.2 Å². The summed E-state index contributed by atoms with van der Waals surface area (Å²) in [7, 11) is 0. The molecule has 0 spiro atoms. The SMILES string of the molecule is CCC(=O)Nc1ccc(N2C(=S)NC(c3ccccn3)C2c2cc(C)n(-c3ccccc3)c2C)cc1C. The molecule has 0 aliphatic carbocycles. The Morgan fingerprint density at radius 2 is 1.76 bits per heavy atom. The predicted octanol–water partition coefficient (Wildman–Crippen LogP) is 6.32. The first kappa shape index (κ1) is 24.7. The second kappa shape index (κ2) is 10.2. The number of rotatable bonds is 6. The van der Waals surface area contributed by atoms with Crippen LogP contribution >= 0.6 is 12.2 Å². The summed E-state index contributed by atoms with van der Waals surface area (Å²) in [6.07, 6.45) is 2.26. The van der Waals surface area contributed by atoms with E-state index in [1.165, 1.54) is 5.56 Å². The first-order valence-electron chi connectivity index (χ1n) is 12.5. The third-order valence-corrected chi connectivity index (χ3v) is 7.30. The van der Waals surface area contributed by atoms with Crippen LogP contribution in [0.3, 0.4) is 0 Å². The molecule has 5 rings (SSSR count). The van der Waals surface area contributed by atoms with E-state index in [1.54, 1.807) is 0 Å². The van der Waals surface area contributed by atoms with Crippen molar-refractivity contribution in [1.29, 1.82) is 0 Å². The zero-order valence-corrected chi connectivity index (χ0v) is 22.3. The number of hydrogen-bond donors (Lipinski definition) is 2. The van der Waals surface area contributed by atoms with E-state index < -0.39 is 0 Å². The number of aryl methyl sites for hydroxylation is 2. The highest BCUT2D eigenvalue weighted by molar-refractivity contribution is 7.80. The van der Waals surface area contributed by atoms with Crippen LogP contribution in [0.15, 0.2) is 79.0 Å². The van der Waals surface area contributed by atoms with E-state index in [0.29, 0.717) is 11.5 Å². The molecule has 4 aromatic rings. The number of nitrogens with one attached hydrogen (secondary N) is 2. The highest BCUT2D eigenvalue weighted by Crippen LogP contribution is 2.44. The molecule has 3 heterocycles. The van der Waals surface area contributed by atoms with Crippen LogP contribution in [0.25, 0.3) is 5.69 Å². The molecule has 0 saturated carbocycles. The number of aromatic nitrogens is 2. The Labute approximate surface area is 223 Å². The Morgan fingerprint density at radius 3 is 2.43 bits per heavy atom. The van der Waals surface area contributed by atoms with E-state index >= 15 is 0 Å². The van der Waals surface area contributed by atoms with Gasteiger partial charge in [0.1, 0.15) is 0 Å². The van der Waals surface area contributed by atoms with E-state index in [1.807, 2.05) is 56.4 Å². The molecule has 0 radical (unpaired) electrons. The fourth-order valence-corrected chi connectivity index (χ4v) is 5.53. The molecular weight excluding hydrogens is 478 g/mol. The molecule has 2 N–H and O–H groups in total. The van der Waals surface area contributed by atoms with Crippen LogP contribution in [0.2, 0.25) is 0 Å². The molecule has 2 aromatic carbocycles. The second-order valence-corrected chi connectivity index (χ2v) is 9.78. The Morgan fingerprint density at radius 1 is 1.00 bits per heavy atom. The van der Waals surface area contributed by atoms with Crippen LogP contribution < -0.4 is 15.5 Å². The van der Waals surface area contributed by atoms with Crippen molar-refractivity contribution >= 4 is 34.6 Å². The molecule has 2 aromatic heterocycles. The maximum Gasteiger partial charge on any atom is 0.224 e. The van der Waals surface area contributed by atoms with E-state index in [-0.39, 0.29) is 18.0 Å². The summed E-state index contributed by atoms with van der Waals surface area (Å²) in [5.41, 5.74) is 8.34. The van der Waals surface area contributed by atoms with Gasteiger partial charge in [0.05, 0.1) is 17.8 Å². The smallest absolute Gasteiger partial charge is 0.224 e. The number of thiocarbonyl (C=S) groups is 1. The summed E-state index contributed by atoms with van der Waals surface area (Å²) < 4.78 is 2.29. The minimum atomic E-state index is -0.127. The van der Waals surface area contributed by atoms with Crippen molar-refractivity contribution < 1.29 is 4.79 Å². The number of para-hydroxylation sites is 1. The summed E-state index contributed by atoms with van der Waals surface area (Å²) in [6.45, 7) is 8.16. The van der Waals surface area contributed by atoms with Gasteiger partial charge in [-0.05, 0) is 92.6 Å². The van der Waals surface area contributed by atoms with Crippen LogP contribution in [0.1, 0.15) is 53.6 Å². The average Bonchev–Trinajstić information content (AvgIpc) is 3.41. The number of pyridine rings is 1. The normalized spacial score (nSPS) is 17.1. The number of carbonyl (C=O) groups is 1. The van der Waals surface area contributed by atoms with Crippen molar-refractivity contribution in [1.82, 2.24) is 14.9 Å². The van der Waals surface area contributed by atoms with E-state index in [2.05, 4.69) is 75.3 Å². The van der Waals surface area contributed by atoms with Gasteiger partial charge in [0.2, 0.25) is 5.91 Å². The molecule has 1 aliphatic heterocycles. The quantitative estimate of drug-likeness (QED) is 0.298. The zero-order chi connectivity index (χ0) is 26.1. The summed E-state index contributed by atoms with van der Waals surface area (Å²) in [5, 5.41) is 7.19. The number of carbonyl (C=O) groups excluding carboxylic acids is 1. The summed E-state index contributed by atoms with van der Waals surface area (Å²) >= 11 is 5.93. The highest BCUT2D eigenvalue weighted by atomic mass is 32.1. The van der Waals surface area contributed by atoms with Crippen LogP contribution in [0.4, 0.5) is 11.4 Å². The maximum atomic E-state index is 12.0. The van der Waals surface area contributed by atoms with Crippen LogP contribution in [-0.2, 0) is 4.79 Å². The van der Waals surface area contributed by atoms with Crippen molar-refractivity contribution in [3.63, 3.8) is 0 Å². The average molecular weight is 510 g/mol. The fourth-order valence-electron chi connectivity index (χ4n) is 5.19. The molecule has 1 saturated heterocycles. The van der Waals surface area contributed by atoms with Crippen molar-refractivity contribution in [3.8, 4) is 5.69 Å². The van der Waals surface area contributed by atoms with Gasteiger partial charge in [0.25, 0.3) is 0 Å². The Kier molecular flexibility index (Phi) is 6.80. The van der Waals surface area contributed by atoms with Gasteiger partial charge in [-0.3, -0.25) is 9.78 Å². The largest absolute Gasteiger partial charge is 0.351 e. The first-order valence-corrected chi connectivity index (χ1v) is 12.9. The molecule has 1 aliphatic rings. The Hall–Kier alpha value is -3.97. The third kappa shape index (κ3) is 4.62. The lowest BCUT2D eigenvalue weighted by molar-refractivity contribution is -0.115. The van der Waals surface area contributed by atoms with Crippen molar-refractivity contribution in [2.75, 3.05) is 10.2 Å². The topological polar surface area (TPSA) is 62.2 Å². The molecule has 6 nitrogen and oxygen atoms in total. The molecule has 2 unspecified atom stereocenters. The van der Waals surface area contributed by atoms with Gasteiger partial charge in [-0.25, -0.2) is 0 Å². The fraction of sp³-hybridized carbons (Fsp3) is 0.233. The predicted molar refractivity (Wildman–Crippen MR) is 153 cm³/mol. The molecule has 1 fully saturated rings. The van der Waals surface area contributed by atoms with Crippen molar-refractivity contribution in [3.05, 3.63) is 107 Å². The van der Waals surface area contributed by atoms with E-state index in [0.717, 1.165) is 39.7 Å². The standard InChI is InChI=1S/C30H31N5OS/c1-5-27(36)32-25-15-14-23(17-19(25)2)35-29(28(33-30(35)37)26-13-9-10-16-31-26)24-18-20(3)34(21(24)4)22-11-7-6-8-12-22/h6-18,28-29H,5H2,1-4H3,(H,32,36)(H,33,37). The van der Waals surface area contributed by atoms with Crippen molar-refractivity contribution in [2.24, 2.45) is 0 Å². The summed E-state index contributed by atoms with van der Waals surface area (Å²) in [4.78, 5) is 18.9.